The molecule has 0 N–H and O–H groups in total. The topological polar surface area (TPSA) is 38.0 Å². The first-order valence-electron chi connectivity index (χ1n) is 20.3. The molecule has 298 valence electrons. The molecule has 0 spiro atoms. The summed E-state index contributed by atoms with van der Waals surface area (Å²) in [6, 6.07) is 51.0. The van der Waals surface area contributed by atoms with Crippen molar-refractivity contribution in [3.05, 3.63) is 196 Å². The number of hydrogen-bond donors (Lipinski definition) is 0. The van der Waals surface area contributed by atoms with Crippen LogP contribution < -0.4 is 0 Å². The number of rotatable bonds is 5. The van der Waals surface area contributed by atoms with Crippen LogP contribution in [0.3, 0.4) is 0 Å². The summed E-state index contributed by atoms with van der Waals surface area (Å²) in [5.74, 6) is 0. The van der Waals surface area contributed by atoms with Crippen molar-refractivity contribution < 1.29 is 13.2 Å². The van der Waals surface area contributed by atoms with Crippen LogP contribution in [-0.4, -0.2) is 9.13 Å². The molecule has 0 bridgehead atoms. The van der Waals surface area contributed by atoms with Crippen LogP contribution in [0, 0.1) is 45.6 Å². The van der Waals surface area contributed by atoms with Crippen LogP contribution in [0.1, 0.15) is 33.4 Å². The summed E-state index contributed by atoms with van der Waals surface area (Å²) >= 11 is 0. The SMILES string of the molecule is [C-]#[N+]c1cc(C(F)(F)F)ccc1-c1c(-n2c3ccccc3c3cc(-c4ccc(C)cc4C)ccc32)cc(C#N)cc1-n1c2ccccc2c2cc(-c3ccc(C)cc3C)ccc21. The van der Waals surface area contributed by atoms with Crippen molar-refractivity contribution in [2.24, 2.45) is 0 Å². The number of nitrogens with zero attached hydrogens (tertiary/aromatic N) is 4. The first kappa shape index (κ1) is 38.3. The van der Waals surface area contributed by atoms with Crippen molar-refractivity contribution >= 4 is 49.3 Å². The van der Waals surface area contributed by atoms with Crippen LogP contribution in [0.5, 0.6) is 0 Å². The van der Waals surface area contributed by atoms with Crippen LogP contribution in [0.4, 0.5) is 18.9 Å². The van der Waals surface area contributed by atoms with Gasteiger partial charge in [0, 0.05) is 32.7 Å². The second-order valence-electron chi connectivity index (χ2n) is 16.1. The Morgan fingerprint density at radius 2 is 0.984 bits per heavy atom. The van der Waals surface area contributed by atoms with Crippen LogP contribution in [0.25, 0.3) is 93.2 Å². The number of aryl methyl sites for hydroxylation is 4. The van der Waals surface area contributed by atoms with E-state index in [1.165, 1.54) is 17.2 Å². The molecule has 0 amide bonds. The number of benzene rings is 8. The van der Waals surface area contributed by atoms with Crippen LogP contribution in [0.2, 0.25) is 0 Å². The van der Waals surface area contributed by atoms with Gasteiger partial charge < -0.3 is 9.13 Å². The Balaban J connectivity index is 1.34. The molecule has 0 aliphatic rings. The van der Waals surface area contributed by atoms with Gasteiger partial charge in [0.25, 0.3) is 0 Å². The lowest BCUT2D eigenvalue weighted by atomic mass is 9.95. The summed E-state index contributed by atoms with van der Waals surface area (Å²) in [5, 5.41) is 14.7. The van der Waals surface area contributed by atoms with Gasteiger partial charge in [-0.15, -0.1) is 0 Å². The van der Waals surface area contributed by atoms with Gasteiger partial charge in [-0.05, 0) is 121 Å². The quantitative estimate of drug-likeness (QED) is 0.160. The third-order valence-corrected chi connectivity index (χ3v) is 12.2. The van der Waals surface area contributed by atoms with E-state index in [-0.39, 0.29) is 5.69 Å². The maximum Gasteiger partial charge on any atom is 0.415 e. The molecule has 0 saturated carbocycles. The molecule has 4 nitrogen and oxygen atoms in total. The number of alkyl halides is 3. The van der Waals surface area contributed by atoms with E-state index in [0.29, 0.717) is 28.1 Å². The second-order valence-corrected chi connectivity index (χ2v) is 16.1. The van der Waals surface area contributed by atoms with Crippen LogP contribution in [0.15, 0.2) is 152 Å². The Morgan fingerprint density at radius 1 is 0.516 bits per heavy atom. The molecule has 0 radical (unpaired) electrons. The van der Waals surface area contributed by atoms with E-state index in [9.17, 15) is 18.4 Å². The highest BCUT2D eigenvalue weighted by molar-refractivity contribution is 6.13. The molecule has 10 rings (SSSR count). The van der Waals surface area contributed by atoms with Gasteiger partial charge in [-0.2, -0.15) is 18.4 Å². The van der Waals surface area contributed by atoms with Crippen molar-refractivity contribution in [3.8, 4) is 50.8 Å². The zero-order valence-electron chi connectivity index (χ0n) is 34.4. The largest absolute Gasteiger partial charge is 0.415 e. The fraction of sp³-hybridized carbons (Fsp3) is 0.0909. The Kier molecular flexibility index (Phi) is 8.91. The summed E-state index contributed by atoms with van der Waals surface area (Å²) in [6.07, 6.45) is -4.66. The van der Waals surface area contributed by atoms with Gasteiger partial charge in [-0.1, -0.05) is 108 Å². The van der Waals surface area contributed by atoms with Gasteiger partial charge in [-0.3, -0.25) is 0 Å². The maximum absolute atomic E-state index is 14.3. The predicted molar refractivity (Wildman–Crippen MR) is 246 cm³/mol. The number of fused-ring (bicyclic) bond motifs is 6. The minimum absolute atomic E-state index is 0.150. The van der Waals surface area contributed by atoms with Crippen molar-refractivity contribution in [2.75, 3.05) is 0 Å². The summed E-state index contributed by atoms with van der Waals surface area (Å²) in [4.78, 5) is 3.74. The minimum atomic E-state index is -4.66. The lowest BCUT2D eigenvalue weighted by molar-refractivity contribution is -0.137. The molecular weight excluding hydrogens is 774 g/mol. The molecule has 7 heteroatoms. The Hall–Kier alpha value is -7.87. The molecule has 8 aromatic carbocycles. The molecule has 0 aliphatic heterocycles. The molecular formula is C55H37F3N4. The van der Waals surface area contributed by atoms with Gasteiger partial charge in [0.15, 0.2) is 5.69 Å². The second kappa shape index (κ2) is 14.4. The van der Waals surface area contributed by atoms with Gasteiger partial charge in [0.2, 0.25) is 0 Å². The highest BCUT2D eigenvalue weighted by Crippen LogP contribution is 2.47. The van der Waals surface area contributed by atoms with Crippen LogP contribution in [-0.2, 0) is 6.18 Å². The Morgan fingerprint density at radius 3 is 1.44 bits per heavy atom. The molecule has 2 aromatic heterocycles. The lowest BCUT2D eigenvalue weighted by Crippen LogP contribution is -2.07. The summed E-state index contributed by atoms with van der Waals surface area (Å²) < 4.78 is 47.1. The average Bonchev–Trinajstić information content (AvgIpc) is 3.77. The smallest absolute Gasteiger partial charge is 0.309 e. The fourth-order valence-electron chi connectivity index (χ4n) is 9.39. The summed E-state index contributed by atoms with van der Waals surface area (Å²) in [5.41, 5.74) is 13.6. The first-order valence-corrected chi connectivity index (χ1v) is 20.3. The van der Waals surface area contributed by atoms with Gasteiger partial charge in [0.1, 0.15) is 0 Å². The minimum Gasteiger partial charge on any atom is -0.309 e. The maximum atomic E-state index is 14.3. The highest BCUT2D eigenvalue weighted by atomic mass is 19.4. The highest BCUT2D eigenvalue weighted by Gasteiger charge is 2.32. The van der Waals surface area contributed by atoms with Crippen molar-refractivity contribution in [1.82, 2.24) is 9.13 Å². The standard InChI is InChI=1S/C55H37F3N4/c1-32-14-19-40(34(3)24-32)37-16-22-50-45(28-37)42-10-6-8-12-48(42)61(50)52-26-36(31-59)27-53(54(52)44-21-18-39(55(56,57)58)30-47(44)60-5)62-49-13-9-7-11-43(49)46-29-38(17-23-51(46)62)41-20-15-33(2)25-35(41)4/h6-30H,1-4H3. The third kappa shape index (κ3) is 6.13. The fourth-order valence-corrected chi connectivity index (χ4v) is 9.39. The number of hydrogen-bond acceptors (Lipinski definition) is 1. The van der Waals surface area contributed by atoms with E-state index in [1.54, 1.807) is 12.1 Å². The van der Waals surface area contributed by atoms with Crippen molar-refractivity contribution in [1.29, 1.82) is 5.26 Å². The van der Waals surface area contributed by atoms with E-state index in [1.807, 2.05) is 36.4 Å². The van der Waals surface area contributed by atoms with E-state index in [4.69, 9.17) is 6.57 Å². The van der Waals surface area contributed by atoms with Gasteiger partial charge in [0.05, 0.1) is 51.6 Å². The van der Waals surface area contributed by atoms with Crippen molar-refractivity contribution in [2.45, 2.75) is 33.9 Å². The Bertz CT molecular complexity index is 3400. The first-order chi connectivity index (χ1) is 29.9. The molecule has 0 atom stereocenters. The number of halogens is 3. The monoisotopic (exact) mass is 810 g/mol. The summed E-state index contributed by atoms with van der Waals surface area (Å²) in [7, 11) is 0. The van der Waals surface area contributed by atoms with E-state index in [2.05, 4.69) is 133 Å². The number of aromatic nitrogens is 2. The molecule has 0 unspecified atom stereocenters. The van der Waals surface area contributed by atoms with Gasteiger partial charge >= 0.3 is 6.18 Å². The molecule has 62 heavy (non-hydrogen) atoms. The molecule has 0 aliphatic carbocycles. The van der Waals surface area contributed by atoms with E-state index in [0.717, 1.165) is 89.1 Å². The van der Waals surface area contributed by atoms with E-state index >= 15 is 0 Å². The zero-order valence-corrected chi connectivity index (χ0v) is 34.4. The molecule has 0 fully saturated rings. The summed E-state index contributed by atoms with van der Waals surface area (Å²) in [6.45, 7) is 16.7. The lowest BCUT2D eigenvalue weighted by Gasteiger charge is -2.22. The molecule has 2 heterocycles. The molecule has 0 saturated heterocycles. The van der Waals surface area contributed by atoms with E-state index < -0.39 is 11.7 Å². The average molecular weight is 811 g/mol. The molecule has 10 aromatic rings. The van der Waals surface area contributed by atoms with Gasteiger partial charge in [-0.25, -0.2) is 4.85 Å². The number of nitriles is 1. The predicted octanol–water partition coefficient (Wildman–Crippen LogP) is 15.6. The van der Waals surface area contributed by atoms with Crippen molar-refractivity contribution in [3.63, 3.8) is 0 Å². The third-order valence-electron chi connectivity index (χ3n) is 12.2. The van der Waals surface area contributed by atoms with Crippen LogP contribution >= 0.6 is 0 Å². The number of para-hydroxylation sites is 2. The Labute approximate surface area is 356 Å². The zero-order chi connectivity index (χ0) is 43.0. The normalized spacial score (nSPS) is 11.8.